The summed E-state index contributed by atoms with van der Waals surface area (Å²) in [6.45, 7) is 1.40. The van der Waals surface area contributed by atoms with Crippen LogP contribution in [0.25, 0.3) is 0 Å². The summed E-state index contributed by atoms with van der Waals surface area (Å²) < 4.78 is 34.3. The molecule has 0 amide bonds. The van der Waals surface area contributed by atoms with Crippen molar-refractivity contribution in [1.82, 2.24) is 9.78 Å². The Morgan fingerprint density at radius 2 is 2.32 bits per heavy atom. The van der Waals surface area contributed by atoms with E-state index in [0.29, 0.717) is 17.3 Å². The summed E-state index contributed by atoms with van der Waals surface area (Å²) in [7, 11) is -3.67. The maximum Gasteiger partial charge on any atom is 0.262 e. The average molecular weight is 342 g/mol. The van der Waals surface area contributed by atoms with Crippen molar-refractivity contribution >= 4 is 27.3 Å². The van der Waals surface area contributed by atoms with Crippen LogP contribution in [-0.2, 0) is 21.3 Å². The van der Waals surface area contributed by atoms with Crippen molar-refractivity contribution < 1.29 is 13.2 Å². The second-order valence-electron chi connectivity index (χ2n) is 5.15. The van der Waals surface area contributed by atoms with Crippen LogP contribution in [0.5, 0.6) is 0 Å². The topological polar surface area (TPSA) is 73.2 Å². The molecule has 0 spiro atoms. The molecule has 1 fully saturated rings. The maximum atomic E-state index is 12.3. The molecule has 0 aliphatic carbocycles. The number of sulfonamides is 1. The van der Waals surface area contributed by atoms with Crippen LogP contribution in [0.2, 0.25) is 5.02 Å². The lowest BCUT2D eigenvalue weighted by molar-refractivity contribution is 0.0940. The molecule has 1 saturated heterocycles. The normalized spacial score (nSPS) is 18.5. The molecule has 1 aliphatic rings. The minimum Gasteiger partial charge on any atom is -0.376 e. The first-order valence-electron chi connectivity index (χ1n) is 6.95. The van der Waals surface area contributed by atoms with Gasteiger partial charge in [-0.25, -0.2) is 8.42 Å². The highest BCUT2D eigenvalue weighted by Gasteiger charge is 2.18. The summed E-state index contributed by atoms with van der Waals surface area (Å²) in [6.07, 6.45) is 5.35. The molecule has 1 aliphatic heterocycles. The third-order valence-electron chi connectivity index (χ3n) is 3.41. The van der Waals surface area contributed by atoms with Crippen molar-refractivity contribution in [1.29, 1.82) is 0 Å². The smallest absolute Gasteiger partial charge is 0.262 e. The van der Waals surface area contributed by atoms with Crippen molar-refractivity contribution in [2.75, 3.05) is 11.3 Å². The molecule has 1 aromatic heterocycles. The van der Waals surface area contributed by atoms with Crippen molar-refractivity contribution in [3.63, 3.8) is 0 Å². The first kappa shape index (κ1) is 15.3. The zero-order valence-electron chi connectivity index (χ0n) is 11.8. The molecule has 1 aromatic carbocycles. The van der Waals surface area contributed by atoms with Gasteiger partial charge in [0.2, 0.25) is 0 Å². The highest BCUT2D eigenvalue weighted by Crippen LogP contribution is 2.19. The molecule has 2 aromatic rings. The van der Waals surface area contributed by atoms with E-state index in [1.165, 1.54) is 18.3 Å². The van der Waals surface area contributed by atoms with Gasteiger partial charge >= 0.3 is 0 Å². The molecule has 6 nitrogen and oxygen atoms in total. The average Bonchev–Trinajstić information content (AvgIpc) is 3.11. The summed E-state index contributed by atoms with van der Waals surface area (Å²) in [6, 6.07) is 6.11. The molecular weight excluding hydrogens is 326 g/mol. The van der Waals surface area contributed by atoms with Crippen LogP contribution in [0.1, 0.15) is 12.8 Å². The minimum absolute atomic E-state index is 0.117. The molecule has 1 atom stereocenters. The fourth-order valence-corrected chi connectivity index (χ4v) is 3.69. The SMILES string of the molecule is O=S(=O)(Nc1cnn(CC2CCCO2)c1)c1cccc(Cl)c1. The van der Waals surface area contributed by atoms with Crippen molar-refractivity contribution in [2.45, 2.75) is 30.4 Å². The zero-order chi connectivity index (χ0) is 15.6. The van der Waals surface area contributed by atoms with E-state index in [9.17, 15) is 8.42 Å². The fourth-order valence-electron chi connectivity index (χ4n) is 2.36. The number of anilines is 1. The van der Waals surface area contributed by atoms with Gasteiger partial charge < -0.3 is 4.74 Å². The van der Waals surface area contributed by atoms with Gasteiger partial charge in [-0.15, -0.1) is 0 Å². The van der Waals surface area contributed by atoms with E-state index < -0.39 is 10.0 Å². The summed E-state index contributed by atoms with van der Waals surface area (Å²) in [5, 5.41) is 4.53. The summed E-state index contributed by atoms with van der Waals surface area (Å²) in [5.74, 6) is 0. The second-order valence-corrected chi connectivity index (χ2v) is 7.27. The van der Waals surface area contributed by atoms with Gasteiger partial charge in [0.25, 0.3) is 10.0 Å². The van der Waals surface area contributed by atoms with E-state index in [4.69, 9.17) is 16.3 Å². The first-order valence-corrected chi connectivity index (χ1v) is 8.81. The van der Waals surface area contributed by atoms with Crippen molar-refractivity contribution in [2.24, 2.45) is 0 Å². The van der Waals surface area contributed by atoms with Gasteiger partial charge in [0.05, 0.1) is 29.4 Å². The molecule has 1 N–H and O–H groups in total. The number of benzene rings is 1. The molecule has 3 rings (SSSR count). The lowest BCUT2D eigenvalue weighted by atomic mass is 10.2. The Morgan fingerprint density at radius 1 is 1.45 bits per heavy atom. The largest absolute Gasteiger partial charge is 0.376 e. The van der Waals surface area contributed by atoms with Crippen molar-refractivity contribution in [3.05, 3.63) is 41.7 Å². The molecule has 2 heterocycles. The molecule has 8 heteroatoms. The van der Waals surface area contributed by atoms with E-state index in [-0.39, 0.29) is 11.0 Å². The third kappa shape index (κ3) is 3.60. The quantitative estimate of drug-likeness (QED) is 0.907. The van der Waals surface area contributed by atoms with Crippen LogP contribution in [0.3, 0.4) is 0 Å². The lowest BCUT2D eigenvalue weighted by Gasteiger charge is -2.08. The summed E-state index contributed by atoms with van der Waals surface area (Å²) in [4.78, 5) is 0.117. The number of halogens is 1. The standard InChI is InChI=1S/C14H16ClN3O3S/c15-11-3-1-5-14(7-11)22(19,20)17-12-8-16-18(9-12)10-13-4-2-6-21-13/h1,3,5,7-9,13,17H,2,4,6,10H2. The number of rotatable bonds is 5. The Bertz CT molecular complexity index is 754. The zero-order valence-corrected chi connectivity index (χ0v) is 13.3. The highest BCUT2D eigenvalue weighted by molar-refractivity contribution is 7.92. The van der Waals surface area contributed by atoms with E-state index in [1.54, 1.807) is 23.0 Å². The van der Waals surface area contributed by atoms with Crippen LogP contribution < -0.4 is 4.72 Å². The van der Waals surface area contributed by atoms with E-state index >= 15 is 0 Å². The van der Waals surface area contributed by atoms with Gasteiger partial charge in [0.15, 0.2) is 0 Å². The van der Waals surface area contributed by atoms with Crippen LogP contribution in [0, 0.1) is 0 Å². The number of ether oxygens (including phenoxy) is 1. The highest BCUT2D eigenvalue weighted by atomic mass is 35.5. The van der Waals surface area contributed by atoms with Crippen LogP contribution in [-0.4, -0.2) is 30.9 Å². The Morgan fingerprint density at radius 3 is 3.05 bits per heavy atom. The van der Waals surface area contributed by atoms with Gasteiger partial charge in [0, 0.05) is 17.8 Å². The third-order valence-corrected chi connectivity index (χ3v) is 5.02. The molecule has 0 saturated carbocycles. The Labute approximate surface area is 134 Å². The van der Waals surface area contributed by atoms with E-state index in [2.05, 4.69) is 9.82 Å². The minimum atomic E-state index is -3.67. The molecular formula is C14H16ClN3O3S. The van der Waals surface area contributed by atoms with Gasteiger partial charge in [-0.1, -0.05) is 17.7 Å². The van der Waals surface area contributed by atoms with Gasteiger partial charge in [-0.05, 0) is 31.0 Å². The molecule has 118 valence electrons. The van der Waals surface area contributed by atoms with Crippen LogP contribution in [0.4, 0.5) is 5.69 Å². The number of hydrogen-bond acceptors (Lipinski definition) is 4. The molecule has 0 bridgehead atoms. The van der Waals surface area contributed by atoms with Gasteiger partial charge in [-0.3, -0.25) is 9.40 Å². The Hall–Kier alpha value is -1.57. The molecule has 1 unspecified atom stereocenters. The number of aromatic nitrogens is 2. The Balaban J connectivity index is 1.71. The number of hydrogen-bond donors (Lipinski definition) is 1. The van der Waals surface area contributed by atoms with Crippen LogP contribution >= 0.6 is 11.6 Å². The number of nitrogens with zero attached hydrogens (tertiary/aromatic N) is 2. The molecule has 22 heavy (non-hydrogen) atoms. The first-order chi connectivity index (χ1) is 10.5. The lowest BCUT2D eigenvalue weighted by Crippen LogP contribution is -2.15. The number of nitrogens with one attached hydrogen (secondary N) is 1. The monoisotopic (exact) mass is 341 g/mol. The predicted molar refractivity (Wildman–Crippen MR) is 83.5 cm³/mol. The van der Waals surface area contributed by atoms with Crippen molar-refractivity contribution in [3.8, 4) is 0 Å². The second kappa shape index (κ2) is 6.28. The van der Waals surface area contributed by atoms with E-state index in [0.717, 1.165) is 19.4 Å². The van der Waals surface area contributed by atoms with Crippen LogP contribution in [0.15, 0.2) is 41.6 Å². The van der Waals surface area contributed by atoms with Gasteiger partial charge in [-0.2, -0.15) is 5.10 Å². The summed E-state index contributed by atoms with van der Waals surface area (Å²) in [5.41, 5.74) is 0.415. The summed E-state index contributed by atoms with van der Waals surface area (Å²) >= 11 is 5.83. The van der Waals surface area contributed by atoms with E-state index in [1.807, 2.05) is 0 Å². The predicted octanol–water partition coefficient (Wildman–Crippen LogP) is 2.52. The molecule has 0 radical (unpaired) electrons. The van der Waals surface area contributed by atoms with Gasteiger partial charge in [0.1, 0.15) is 0 Å². The Kier molecular flexibility index (Phi) is 4.37. The fraction of sp³-hybridized carbons (Fsp3) is 0.357. The maximum absolute atomic E-state index is 12.3.